The standard InChI is InChI=1S/C27H37FN4O3/c1-34-25-18-23(24(28)19-26(25)35-2)20-30-14-16-32(17-15-30)27(33)21-31-12-10-29(11-13-31)9-8-22-6-4-3-5-7-22/h3-7,18-19H,8-17,20-21H2,1-2H3. The molecule has 0 N–H and O–H groups in total. The Hall–Kier alpha value is -2.68. The Morgan fingerprint density at radius 1 is 0.829 bits per heavy atom. The number of carbonyl (C=O) groups is 1. The summed E-state index contributed by atoms with van der Waals surface area (Å²) >= 11 is 0. The van der Waals surface area contributed by atoms with Gasteiger partial charge in [-0.2, -0.15) is 0 Å². The monoisotopic (exact) mass is 484 g/mol. The van der Waals surface area contributed by atoms with Crippen molar-refractivity contribution in [3.8, 4) is 11.5 Å². The first kappa shape index (κ1) is 25.4. The van der Waals surface area contributed by atoms with Crippen molar-refractivity contribution in [2.45, 2.75) is 13.0 Å². The van der Waals surface area contributed by atoms with E-state index in [4.69, 9.17) is 9.47 Å². The molecule has 2 saturated heterocycles. The number of amides is 1. The van der Waals surface area contributed by atoms with Gasteiger partial charge in [-0.3, -0.25) is 14.6 Å². The third kappa shape index (κ3) is 6.93. The smallest absolute Gasteiger partial charge is 0.236 e. The highest BCUT2D eigenvalue weighted by atomic mass is 19.1. The van der Waals surface area contributed by atoms with Crippen LogP contribution in [0.15, 0.2) is 42.5 Å². The second kappa shape index (κ2) is 12.3. The van der Waals surface area contributed by atoms with Gasteiger partial charge in [0.1, 0.15) is 5.82 Å². The van der Waals surface area contributed by atoms with E-state index in [1.807, 2.05) is 4.90 Å². The van der Waals surface area contributed by atoms with Crippen molar-refractivity contribution in [1.29, 1.82) is 0 Å². The van der Waals surface area contributed by atoms with Crippen LogP contribution in [-0.4, -0.2) is 105 Å². The lowest BCUT2D eigenvalue weighted by molar-refractivity contribution is -0.134. The molecule has 35 heavy (non-hydrogen) atoms. The number of ether oxygens (including phenoxy) is 2. The maximum atomic E-state index is 14.5. The van der Waals surface area contributed by atoms with Gasteiger partial charge in [-0.1, -0.05) is 30.3 Å². The van der Waals surface area contributed by atoms with Gasteiger partial charge >= 0.3 is 0 Å². The molecule has 2 aromatic rings. The van der Waals surface area contributed by atoms with Crippen LogP contribution in [0.1, 0.15) is 11.1 Å². The second-order valence-electron chi connectivity index (χ2n) is 9.31. The molecule has 0 saturated carbocycles. The first-order valence-electron chi connectivity index (χ1n) is 12.4. The summed E-state index contributed by atoms with van der Waals surface area (Å²) in [6, 6.07) is 13.7. The number of nitrogens with zero attached hydrogens (tertiary/aromatic N) is 4. The van der Waals surface area contributed by atoms with E-state index in [9.17, 15) is 9.18 Å². The third-order valence-electron chi connectivity index (χ3n) is 7.05. The van der Waals surface area contributed by atoms with Gasteiger partial charge in [-0.15, -0.1) is 0 Å². The first-order valence-corrected chi connectivity index (χ1v) is 12.4. The minimum absolute atomic E-state index is 0.194. The Morgan fingerprint density at radius 2 is 1.43 bits per heavy atom. The maximum Gasteiger partial charge on any atom is 0.236 e. The molecule has 190 valence electrons. The average molecular weight is 485 g/mol. The molecule has 8 heteroatoms. The van der Waals surface area contributed by atoms with E-state index in [0.717, 1.165) is 52.2 Å². The van der Waals surface area contributed by atoms with Crippen LogP contribution in [0.5, 0.6) is 11.5 Å². The molecule has 2 aliphatic rings. The highest BCUT2D eigenvalue weighted by Crippen LogP contribution is 2.30. The van der Waals surface area contributed by atoms with E-state index in [-0.39, 0.29) is 11.7 Å². The summed E-state index contributed by atoms with van der Waals surface area (Å²) in [7, 11) is 3.05. The number of benzene rings is 2. The number of carbonyl (C=O) groups excluding carboxylic acids is 1. The number of rotatable bonds is 9. The van der Waals surface area contributed by atoms with Gasteiger partial charge in [0.25, 0.3) is 0 Å². The molecule has 0 spiro atoms. The predicted octanol–water partition coefficient (Wildman–Crippen LogP) is 2.35. The number of hydrogen-bond acceptors (Lipinski definition) is 6. The van der Waals surface area contributed by atoms with Crippen molar-refractivity contribution >= 4 is 5.91 Å². The summed E-state index contributed by atoms with van der Waals surface area (Å²) in [5, 5.41) is 0. The van der Waals surface area contributed by atoms with Crippen LogP contribution >= 0.6 is 0 Å². The number of hydrogen-bond donors (Lipinski definition) is 0. The number of halogens is 1. The molecule has 2 fully saturated rings. The van der Waals surface area contributed by atoms with Crippen molar-refractivity contribution in [2.75, 3.05) is 79.7 Å². The third-order valence-corrected chi connectivity index (χ3v) is 7.05. The lowest BCUT2D eigenvalue weighted by atomic mass is 10.1. The Balaban J connectivity index is 1.17. The van der Waals surface area contributed by atoms with Crippen molar-refractivity contribution < 1.29 is 18.7 Å². The molecular formula is C27H37FN4O3. The van der Waals surface area contributed by atoms with E-state index in [0.29, 0.717) is 43.2 Å². The van der Waals surface area contributed by atoms with E-state index in [2.05, 4.69) is 45.0 Å². The van der Waals surface area contributed by atoms with Crippen LogP contribution in [0, 0.1) is 5.82 Å². The Labute approximate surface area is 208 Å². The van der Waals surface area contributed by atoms with Crippen LogP contribution in [0.3, 0.4) is 0 Å². The van der Waals surface area contributed by atoms with Gasteiger partial charge in [0.05, 0.1) is 20.8 Å². The van der Waals surface area contributed by atoms with Gasteiger partial charge in [-0.05, 0) is 18.1 Å². The fourth-order valence-electron chi connectivity index (χ4n) is 4.81. The molecule has 2 aliphatic heterocycles. The van der Waals surface area contributed by atoms with Crippen molar-refractivity contribution in [1.82, 2.24) is 19.6 Å². The normalized spacial score (nSPS) is 18.0. The first-order chi connectivity index (χ1) is 17.1. The zero-order chi connectivity index (χ0) is 24.6. The van der Waals surface area contributed by atoms with E-state index < -0.39 is 0 Å². The van der Waals surface area contributed by atoms with Crippen molar-refractivity contribution in [3.63, 3.8) is 0 Å². The molecule has 2 aromatic carbocycles. The summed E-state index contributed by atoms with van der Waals surface area (Å²) in [6.45, 7) is 8.70. The van der Waals surface area contributed by atoms with Crippen molar-refractivity contribution in [3.05, 3.63) is 59.4 Å². The Morgan fingerprint density at radius 3 is 2.09 bits per heavy atom. The quantitative estimate of drug-likeness (QED) is 0.545. The maximum absolute atomic E-state index is 14.5. The van der Waals surface area contributed by atoms with Gasteiger partial charge < -0.3 is 19.3 Å². The highest BCUT2D eigenvalue weighted by molar-refractivity contribution is 5.78. The zero-order valence-corrected chi connectivity index (χ0v) is 20.9. The molecule has 4 rings (SSSR count). The molecule has 0 aliphatic carbocycles. The molecule has 0 bridgehead atoms. The molecule has 0 aromatic heterocycles. The van der Waals surface area contributed by atoms with Crippen LogP contribution < -0.4 is 9.47 Å². The predicted molar refractivity (Wildman–Crippen MR) is 134 cm³/mol. The highest BCUT2D eigenvalue weighted by Gasteiger charge is 2.25. The summed E-state index contributed by atoms with van der Waals surface area (Å²) in [5.74, 6) is 0.808. The summed E-state index contributed by atoms with van der Waals surface area (Å²) in [5.41, 5.74) is 1.95. The molecule has 1 amide bonds. The number of piperazine rings is 2. The topological polar surface area (TPSA) is 48.5 Å². The fourth-order valence-corrected chi connectivity index (χ4v) is 4.81. The lowest BCUT2D eigenvalue weighted by Crippen LogP contribution is -2.53. The molecule has 2 heterocycles. The van der Waals surface area contributed by atoms with E-state index >= 15 is 0 Å². The van der Waals surface area contributed by atoms with Crippen LogP contribution in [-0.2, 0) is 17.8 Å². The van der Waals surface area contributed by atoms with E-state index in [1.165, 1.54) is 18.7 Å². The van der Waals surface area contributed by atoms with Gasteiger partial charge in [-0.25, -0.2) is 4.39 Å². The van der Waals surface area contributed by atoms with E-state index in [1.54, 1.807) is 13.2 Å². The summed E-state index contributed by atoms with van der Waals surface area (Å²) in [6.07, 6.45) is 1.07. The van der Waals surface area contributed by atoms with Crippen LogP contribution in [0.2, 0.25) is 0 Å². The average Bonchev–Trinajstić information content (AvgIpc) is 2.90. The molecule has 0 atom stereocenters. The largest absolute Gasteiger partial charge is 0.493 e. The van der Waals surface area contributed by atoms with Gasteiger partial charge in [0.15, 0.2) is 11.5 Å². The second-order valence-corrected chi connectivity index (χ2v) is 9.31. The minimum Gasteiger partial charge on any atom is -0.493 e. The fraction of sp³-hybridized carbons (Fsp3) is 0.519. The molecule has 0 unspecified atom stereocenters. The van der Waals surface area contributed by atoms with Crippen LogP contribution in [0.4, 0.5) is 4.39 Å². The molecule has 7 nitrogen and oxygen atoms in total. The Kier molecular flexibility index (Phi) is 8.95. The minimum atomic E-state index is -0.302. The Bertz CT molecular complexity index is 958. The van der Waals surface area contributed by atoms with Gasteiger partial charge in [0, 0.05) is 77.1 Å². The molecular weight excluding hydrogens is 447 g/mol. The SMILES string of the molecule is COc1cc(F)c(CN2CCN(C(=O)CN3CCN(CCc4ccccc4)CC3)CC2)cc1OC. The van der Waals surface area contributed by atoms with Gasteiger partial charge in [0.2, 0.25) is 5.91 Å². The summed E-state index contributed by atoms with van der Waals surface area (Å²) in [4.78, 5) is 21.8. The summed E-state index contributed by atoms with van der Waals surface area (Å²) < 4.78 is 25.0. The van der Waals surface area contributed by atoms with Crippen LogP contribution in [0.25, 0.3) is 0 Å². The van der Waals surface area contributed by atoms with Crippen molar-refractivity contribution in [2.24, 2.45) is 0 Å². The molecule has 0 radical (unpaired) electrons. The zero-order valence-electron chi connectivity index (χ0n) is 20.9. The lowest BCUT2D eigenvalue weighted by Gasteiger charge is -2.38. The number of methoxy groups -OCH3 is 2.